The van der Waals surface area contributed by atoms with E-state index in [1.165, 1.54) is 0 Å². The number of fused-ring (bicyclic) bond motifs is 2. The topological polar surface area (TPSA) is 63.6 Å². The Labute approximate surface area is 157 Å². The Morgan fingerprint density at radius 2 is 1.74 bits per heavy atom. The molecule has 27 heavy (non-hydrogen) atoms. The lowest BCUT2D eigenvalue weighted by atomic mass is 10.0. The second kappa shape index (κ2) is 7.13. The SMILES string of the molecule is COc1ccc2cc3c(Nc4ccccc4)c(CO)c(OC)cc3nc2c1. The Hall–Kier alpha value is -3.31. The Bertz CT molecular complexity index is 1110. The molecule has 0 aliphatic heterocycles. The Balaban J connectivity index is 2.00. The molecule has 0 bridgehead atoms. The van der Waals surface area contributed by atoms with Crippen LogP contribution in [0.5, 0.6) is 11.5 Å². The first kappa shape index (κ1) is 17.1. The van der Waals surface area contributed by atoms with Gasteiger partial charge in [-0.05, 0) is 30.3 Å². The number of methoxy groups -OCH3 is 2. The summed E-state index contributed by atoms with van der Waals surface area (Å²) in [4.78, 5) is 4.79. The van der Waals surface area contributed by atoms with E-state index >= 15 is 0 Å². The van der Waals surface area contributed by atoms with Crippen LogP contribution in [0.2, 0.25) is 0 Å². The van der Waals surface area contributed by atoms with Crippen LogP contribution >= 0.6 is 0 Å². The zero-order chi connectivity index (χ0) is 18.8. The van der Waals surface area contributed by atoms with Crippen molar-refractivity contribution in [3.8, 4) is 11.5 Å². The molecule has 5 nitrogen and oxygen atoms in total. The van der Waals surface area contributed by atoms with Crippen LogP contribution in [0.3, 0.4) is 0 Å². The van der Waals surface area contributed by atoms with Crippen LogP contribution in [0.15, 0.2) is 60.7 Å². The molecule has 4 rings (SSSR count). The molecular formula is C22H20N2O3. The van der Waals surface area contributed by atoms with Gasteiger partial charge in [0.1, 0.15) is 11.5 Å². The molecule has 1 heterocycles. The van der Waals surface area contributed by atoms with Gasteiger partial charge in [-0.25, -0.2) is 4.98 Å². The third-order valence-electron chi connectivity index (χ3n) is 4.61. The maximum atomic E-state index is 9.99. The molecule has 4 aromatic rings. The monoisotopic (exact) mass is 360 g/mol. The summed E-state index contributed by atoms with van der Waals surface area (Å²) in [6.45, 7) is -0.144. The van der Waals surface area contributed by atoms with Gasteiger partial charge in [0.25, 0.3) is 0 Å². The van der Waals surface area contributed by atoms with E-state index in [2.05, 4.69) is 11.4 Å². The van der Waals surface area contributed by atoms with Gasteiger partial charge in [0.2, 0.25) is 0 Å². The zero-order valence-corrected chi connectivity index (χ0v) is 15.2. The number of ether oxygens (including phenoxy) is 2. The van der Waals surface area contributed by atoms with Gasteiger partial charge >= 0.3 is 0 Å². The molecule has 0 fully saturated rings. The highest BCUT2D eigenvalue weighted by atomic mass is 16.5. The molecule has 5 heteroatoms. The third-order valence-corrected chi connectivity index (χ3v) is 4.61. The molecule has 0 amide bonds. The summed E-state index contributed by atoms with van der Waals surface area (Å²) in [5, 5.41) is 15.3. The van der Waals surface area contributed by atoms with Crippen LogP contribution < -0.4 is 14.8 Å². The standard InChI is InChI=1S/C22H20N2O3/c1-26-16-9-8-14-10-17-20(24-19(14)11-16)12-21(27-2)18(13-25)22(17)23-15-6-4-3-5-7-15/h3-12,23,25H,13H2,1-2H3. The fourth-order valence-electron chi connectivity index (χ4n) is 3.24. The average molecular weight is 360 g/mol. The highest BCUT2D eigenvalue weighted by Gasteiger charge is 2.16. The first-order valence-corrected chi connectivity index (χ1v) is 8.65. The van der Waals surface area contributed by atoms with Gasteiger partial charge < -0.3 is 19.9 Å². The molecule has 0 saturated carbocycles. The van der Waals surface area contributed by atoms with Crippen LogP contribution in [0.1, 0.15) is 5.56 Å². The number of hydrogen-bond acceptors (Lipinski definition) is 5. The van der Waals surface area contributed by atoms with Crippen LogP contribution in [0.25, 0.3) is 21.8 Å². The lowest BCUT2D eigenvalue weighted by molar-refractivity contribution is 0.275. The van der Waals surface area contributed by atoms with Crippen molar-refractivity contribution in [3.63, 3.8) is 0 Å². The van der Waals surface area contributed by atoms with Crippen LogP contribution in [-0.4, -0.2) is 24.3 Å². The molecule has 0 spiro atoms. The van der Waals surface area contributed by atoms with Gasteiger partial charge in [0.15, 0.2) is 0 Å². The van der Waals surface area contributed by atoms with Crippen molar-refractivity contribution in [1.29, 1.82) is 0 Å². The summed E-state index contributed by atoms with van der Waals surface area (Å²) in [5.74, 6) is 1.36. The number of anilines is 2. The smallest absolute Gasteiger partial charge is 0.128 e. The lowest BCUT2D eigenvalue weighted by Gasteiger charge is -2.17. The minimum atomic E-state index is -0.144. The molecule has 0 saturated heterocycles. The van der Waals surface area contributed by atoms with E-state index in [1.54, 1.807) is 14.2 Å². The second-order valence-electron chi connectivity index (χ2n) is 6.20. The first-order valence-electron chi connectivity index (χ1n) is 8.65. The highest BCUT2D eigenvalue weighted by Crippen LogP contribution is 2.38. The number of rotatable bonds is 5. The van der Waals surface area contributed by atoms with E-state index in [9.17, 15) is 5.11 Å². The Morgan fingerprint density at radius 1 is 0.926 bits per heavy atom. The van der Waals surface area contributed by atoms with Crippen molar-refractivity contribution in [2.45, 2.75) is 6.61 Å². The number of nitrogens with one attached hydrogen (secondary N) is 1. The van der Waals surface area contributed by atoms with E-state index in [1.807, 2.05) is 54.6 Å². The van der Waals surface area contributed by atoms with E-state index in [-0.39, 0.29) is 6.61 Å². The second-order valence-corrected chi connectivity index (χ2v) is 6.20. The van der Waals surface area contributed by atoms with Crippen molar-refractivity contribution in [1.82, 2.24) is 4.98 Å². The molecule has 136 valence electrons. The maximum Gasteiger partial charge on any atom is 0.128 e. The predicted molar refractivity (Wildman–Crippen MR) is 108 cm³/mol. The Kier molecular flexibility index (Phi) is 4.52. The summed E-state index contributed by atoms with van der Waals surface area (Å²) in [6.07, 6.45) is 0. The van der Waals surface area contributed by atoms with Crippen molar-refractivity contribution < 1.29 is 14.6 Å². The number of hydrogen-bond donors (Lipinski definition) is 2. The summed E-state index contributed by atoms with van der Waals surface area (Å²) in [7, 11) is 3.23. The number of aromatic nitrogens is 1. The van der Waals surface area contributed by atoms with E-state index in [0.717, 1.165) is 38.9 Å². The number of nitrogens with zero attached hydrogens (tertiary/aromatic N) is 1. The van der Waals surface area contributed by atoms with E-state index < -0.39 is 0 Å². The number of pyridine rings is 1. The van der Waals surface area contributed by atoms with Crippen LogP contribution in [-0.2, 0) is 6.61 Å². The summed E-state index contributed by atoms with van der Waals surface area (Å²) < 4.78 is 10.8. The fraction of sp³-hybridized carbons (Fsp3) is 0.136. The summed E-state index contributed by atoms with van der Waals surface area (Å²) in [5.41, 5.74) is 4.04. The van der Waals surface area contributed by atoms with Gasteiger partial charge in [-0.2, -0.15) is 0 Å². The van der Waals surface area contributed by atoms with Gasteiger partial charge in [0, 0.05) is 34.2 Å². The van der Waals surface area contributed by atoms with Gasteiger partial charge in [0.05, 0.1) is 37.5 Å². The summed E-state index contributed by atoms with van der Waals surface area (Å²) >= 11 is 0. The summed E-state index contributed by atoms with van der Waals surface area (Å²) in [6, 6.07) is 19.6. The maximum absolute atomic E-state index is 9.99. The molecule has 0 aliphatic carbocycles. The van der Waals surface area contributed by atoms with Gasteiger partial charge in [-0.1, -0.05) is 18.2 Å². The van der Waals surface area contributed by atoms with Crippen molar-refractivity contribution in [2.24, 2.45) is 0 Å². The van der Waals surface area contributed by atoms with E-state index in [0.29, 0.717) is 11.3 Å². The molecule has 0 aliphatic rings. The number of aliphatic hydroxyl groups excluding tert-OH is 1. The fourth-order valence-corrected chi connectivity index (χ4v) is 3.24. The minimum Gasteiger partial charge on any atom is -0.497 e. The first-order chi connectivity index (χ1) is 13.2. The predicted octanol–water partition coefficient (Wildman–Crippen LogP) is 4.64. The molecular weight excluding hydrogens is 340 g/mol. The molecule has 0 unspecified atom stereocenters. The highest BCUT2D eigenvalue weighted by molar-refractivity contribution is 6.02. The van der Waals surface area contributed by atoms with E-state index in [4.69, 9.17) is 14.5 Å². The third kappa shape index (κ3) is 3.13. The number of benzene rings is 3. The Morgan fingerprint density at radius 3 is 2.44 bits per heavy atom. The minimum absolute atomic E-state index is 0.144. The largest absolute Gasteiger partial charge is 0.497 e. The van der Waals surface area contributed by atoms with Crippen molar-refractivity contribution in [3.05, 3.63) is 66.2 Å². The number of para-hydroxylation sites is 1. The lowest BCUT2D eigenvalue weighted by Crippen LogP contribution is -2.02. The average Bonchev–Trinajstić information content (AvgIpc) is 2.72. The molecule has 2 N–H and O–H groups in total. The molecule has 3 aromatic carbocycles. The normalized spacial score (nSPS) is 10.9. The van der Waals surface area contributed by atoms with Gasteiger partial charge in [-0.3, -0.25) is 0 Å². The van der Waals surface area contributed by atoms with Crippen molar-refractivity contribution >= 4 is 33.2 Å². The van der Waals surface area contributed by atoms with Crippen LogP contribution in [0.4, 0.5) is 11.4 Å². The molecule has 0 radical (unpaired) electrons. The number of aliphatic hydroxyl groups is 1. The van der Waals surface area contributed by atoms with Crippen molar-refractivity contribution in [2.75, 3.05) is 19.5 Å². The molecule has 1 aromatic heterocycles. The van der Waals surface area contributed by atoms with Crippen LogP contribution in [0, 0.1) is 0 Å². The quantitative estimate of drug-likeness (QED) is 0.508. The molecule has 0 atom stereocenters. The zero-order valence-electron chi connectivity index (χ0n) is 15.2. The van der Waals surface area contributed by atoms with Gasteiger partial charge in [-0.15, -0.1) is 0 Å².